The summed E-state index contributed by atoms with van der Waals surface area (Å²) in [7, 11) is 0. The van der Waals surface area contributed by atoms with Gasteiger partial charge in [0.2, 0.25) is 0 Å². The first-order chi connectivity index (χ1) is 18.2. The summed E-state index contributed by atoms with van der Waals surface area (Å²) in [6.45, 7) is 14.3. The zero-order valence-corrected chi connectivity index (χ0v) is 25.2. The first-order valence-corrected chi connectivity index (χ1v) is 15.2. The van der Waals surface area contributed by atoms with Crippen molar-refractivity contribution in [3.63, 3.8) is 0 Å². The van der Waals surface area contributed by atoms with Crippen LogP contribution in [0.25, 0.3) is 0 Å². The molecule has 4 atom stereocenters. The second kappa shape index (κ2) is 16.0. The molecule has 4 unspecified atom stereocenters. The van der Waals surface area contributed by atoms with Gasteiger partial charge in [-0.3, -0.25) is 14.4 Å². The van der Waals surface area contributed by atoms with Gasteiger partial charge in [0.25, 0.3) is 0 Å². The number of aryl methyl sites for hydroxylation is 2. The average molecular weight is 521 g/mol. The Morgan fingerprint density at radius 3 is 2.34 bits per heavy atom. The molecule has 0 bridgehead atoms. The van der Waals surface area contributed by atoms with Crippen LogP contribution in [-0.4, -0.2) is 17.3 Å². The third-order valence-corrected chi connectivity index (χ3v) is 8.21. The smallest absolute Gasteiger partial charge is 0.163 e. The molecule has 0 heterocycles. The molecular formula is C35H52O3. The Morgan fingerprint density at radius 1 is 1.05 bits per heavy atom. The number of hydrogen-bond acceptors (Lipinski definition) is 3. The van der Waals surface area contributed by atoms with Crippen molar-refractivity contribution in [2.45, 2.75) is 119 Å². The van der Waals surface area contributed by atoms with E-state index in [1.165, 1.54) is 30.0 Å². The molecule has 0 saturated heterocycles. The quantitative estimate of drug-likeness (QED) is 0.244. The fourth-order valence-electron chi connectivity index (χ4n) is 6.45. The minimum atomic E-state index is -0.0809. The summed E-state index contributed by atoms with van der Waals surface area (Å²) in [6, 6.07) is 4.36. The van der Waals surface area contributed by atoms with Gasteiger partial charge in [-0.2, -0.15) is 0 Å². The molecular weight excluding hydrogens is 468 g/mol. The number of fused-ring (bicyclic) bond motifs is 1. The van der Waals surface area contributed by atoms with Gasteiger partial charge in [-0.25, -0.2) is 0 Å². The number of ketones is 3. The van der Waals surface area contributed by atoms with Crippen LogP contribution in [0, 0.1) is 30.6 Å². The minimum absolute atomic E-state index is 0.0407. The van der Waals surface area contributed by atoms with Gasteiger partial charge in [0.1, 0.15) is 11.6 Å². The van der Waals surface area contributed by atoms with E-state index in [9.17, 15) is 14.4 Å². The lowest BCUT2D eigenvalue weighted by Crippen LogP contribution is -2.30. The Morgan fingerprint density at radius 2 is 1.76 bits per heavy atom. The topological polar surface area (TPSA) is 51.2 Å². The molecule has 0 aromatic heterocycles. The van der Waals surface area contributed by atoms with Gasteiger partial charge in [-0.05, 0) is 86.8 Å². The number of carbonyl (C=O) groups excluding carboxylic acids is 3. The molecule has 2 aliphatic rings. The Hall–Kier alpha value is -2.29. The van der Waals surface area contributed by atoms with Crippen molar-refractivity contribution in [2.24, 2.45) is 23.7 Å². The van der Waals surface area contributed by atoms with E-state index in [0.717, 1.165) is 62.5 Å². The Labute approximate surface area is 232 Å². The van der Waals surface area contributed by atoms with E-state index in [1.807, 2.05) is 0 Å². The molecule has 0 radical (unpaired) electrons. The van der Waals surface area contributed by atoms with Gasteiger partial charge in [-0.1, -0.05) is 89.8 Å². The van der Waals surface area contributed by atoms with Crippen molar-refractivity contribution in [3.8, 4) is 0 Å². The fraction of sp³-hybridized carbons (Fsp3) is 0.629. The summed E-state index contributed by atoms with van der Waals surface area (Å²) in [5.41, 5.74) is 6.14. The van der Waals surface area contributed by atoms with Crippen LogP contribution in [0.1, 0.15) is 126 Å². The largest absolute Gasteiger partial charge is 0.300 e. The molecule has 0 spiro atoms. The van der Waals surface area contributed by atoms with Gasteiger partial charge in [-0.15, -0.1) is 0 Å². The Balaban J connectivity index is 0.00000161. The van der Waals surface area contributed by atoms with Crippen molar-refractivity contribution >= 4 is 17.3 Å². The third-order valence-electron chi connectivity index (χ3n) is 8.21. The maximum absolute atomic E-state index is 13.3. The molecule has 0 amide bonds. The SMILES string of the molecule is CCC.CCCC(CC1CC(=O)c2c(C)ccc(CCCC3=CC=CC3C)c2C1)C(CC)C(=O)CC(C)=O. The predicted octanol–water partition coefficient (Wildman–Crippen LogP) is 8.99. The third kappa shape index (κ3) is 8.89. The van der Waals surface area contributed by atoms with Crippen LogP contribution in [0.4, 0.5) is 0 Å². The summed E-state index contributed by atoms with van der Waals surface area (Å²) in [4.78, 5) is 37.8. The highest BCUT2D eigenvalue weighted by Gasteiger charge is 2.33. The first kappa shape index (κ1) is 31.9. The number of carbonyl (C=O) groups is 3. The molecule has 38 heavy (non-hydrogen) atoms. The van der Waals surface area contributed by atoms with Crippen LogP contribution in [0.5, 0.6) is 0 Å². The zero-order chi connectivity index (χ0) is 28.2. The summed E-state index contributed by atoms with van der Waals surface area (Å²) >= 11 is 0. The zero-order valence-electron chi connectivity index (χ0n) is 25.2. The van der Waals surface area contributed by atoms with Gasteiger partial charge in [0.15, 0.2) is 5.78 Å². The van der Waals surface area contributed by atoms with Gasteiger partial charge in [0.05, 0.1) is 6.42 Å². The van der Waals surface area contributed by atoms with E-state index in [1.54, 1.807) is 0 Å². The van der Waals surface area contributed by atoms with E-state index < -0.39 is 0 Å². The summed E-state index contributed by atoms with van der Waals surface area (Å²) < 4.78 is 0. The maximum Gasteiger partial charge on any atom is 0.163 e. The second-order valence-corrected chi connectivity index (χ2v) is 11.7. The predicted molar refractivity (Wildman–Crippen MR) is 160 cm³/mol. The van der Waals surface area contributed by atoms with Gasteiger partial charge >= 0.3 is 0 Å². The van der Waals surface area contributed by atoms with E-state index in [4.69, 9.17) is 0 Å². The van der Waals surface area contributed by atoms with Gasteiger partial charge < -0.3 is 0 Å². The van der Waals surface area contributed by atoms with Crippen LogP contribution in [-0.2, 0) is 22.4 Å². The lowest BCUT2D eigenvalue weighted by Gasteiger charge is -2.32. The molecule has 3 rings (SSSR count). The summed E-state index contributed by atoms with van der Waals surface area (Å²) in [6.07, 6.45) is 16.3. The van der Waals surface area contributed by atoms with E-state index >= 15 is 0 Å². The minimum Gasteiger partial charge on any atom is -0.300 e. The number of hydrogen-bond donors (Lipinski definition) is 0. The van der Waals surface area contributed by atoms with Crippen molar-refractivity contribution in [2.75, 3.05) is 0 Å². The standard InChI is InChI=1S/C32H44O3.C3H8/c1-6-10-27(28(7-2)30(34)17-23(5)33)18-24-19-29-26(14-9-13-25-12-8-11-21(25)3)16-15-22(4)32(29)31(35)20-24;1-3-2/h8,11-12,15-16,21,24,27-28H,6-7,9-10,13-14,17-20H2,1-5H3;3H2,1-2H3. The van der Waals surface area contributed by atoms with Crippen molar-refractivity contribution in [1.29, 1.82) is 0 Å². The van der Waals surface area contributed by atoms with Crippen LogP contribution in [0.2, 0.25) is 0 Å². The molecule has 2 aliphatic carbocycles. The van der Waals surface area contributed by atoms with Gasteiger partial charge in [0, 0.05) is 17.9 Å². The highest BCUT2D eigenvalue weighted by Crippen LogP contribution is 2.38. The number of Topliss-reactive ketones (excluding diaryl/α,β-unsaturated/α-hetero) is 3. The highest BCUT2D eigenvalue weighted by molar-refractivity contribution is 6.00. The lowest BCUT2D eigenvalue weighted by molar-refractivity contribution is -0.129. The van der Waals surface area contributed by atoms with Crippen molar-refractivity contribution < 1.29 is 14.4 Å². The molecule has 0 saturated carbocycles. The number of allylic oxidation sites excluding steroid dienone is 4. The van der Waals surface area contributed by atoms with E-state index in [-0.39, 0.29) is 41.5 Å². The monoisotopic (exact) mass is 520 g/mol. The summed E-state index contributed by atoms with van der Waals surface area (Å²) in [5, 5.41) is 0. The lowest BCUT2D eigenvalue weighted by atomic mass is 9.71. The van der Waals surface area contributed by atoms with Crippen LogP contribution >= 0.6 is 0 Å². The van der Waals surface area contributed by atoms with Crippen LogP contribution in [0.3, 0.4) is 0 Å². The maximum atomic E-state index is 13.3. The highest BCUT2D eigenvalue weighted by atomic mass is 16.1. The molecule has 0 fully saturated rings. The Kier molecular flexibility index (Phi) is 13.4. The molecule has 210 valence electrons. The molecule has 0 N–H and O–H groups in total. The molecule has 0 aliphatic heterocycles. The molecule has 1 aromatic carbocycles. The average Bonchev–Trinajstić information content (AvgIpc) is 3.25. The first-order valence-electron chi connectivity index (χ1n) is 15.2. The summed E-state index contributed by atoms with van der Waals surface area (Å²) in [5.74, 6) is 1.28. The second-order valence-electron chi connectivity index (χ2n) is 11.7. The van der Waals surface area contributed by atoms with Crippen LogP contribution in [0.15, 0.2) is 35.9 Å². The van der Waals surface area contributed by atoms with E-state index in [0.29, 0.717) is 12.3 Å². The van der Waals surface area contributed by atoms with Crippen LogP contribution < -0.4 is 0 Å². The normalized spacial score (nSPS) is 19.8. The number of rotatable bonds is 13. The van der Waals surface area contributed by atoms with E-state index in [2.05, 4.69) is 71.9 Å². The number of benzene rings is 1. The fourth-order valence-corrected chi connectivity index (χ4v) is 6.45. The molecule has 3 nitrogen and oxygen atoms in total. The van der Waals surface area contributed by atoms with Crippen molar-refractivity contribution in [3.05, 3.63) is 58.2 Å². The molecule has 1 aromatic rings. The Bertz CT molecular complexity index is 1010. The molecule has 3 heteroatoms. The van der Waals surface area contributed by atoms with Crippen molar-refractivity contribution in [1.82, 2.24) is 0 Å².